The molecule has 1 unspecified atom stereocenters. The number of allylic oxidation sites excluding steroid dienone is 1. The van der Waals surface area contributed by atoms with Crippen LogP contribution >= 0.6 is 0 Å². The van der Waals surface area contributed by atoms with Crippen LogP contribution in [0.5, 0.6) is 0 Å². The molecule has 0 amide bonds. The molecule has 1 rings (SSSR count). The lowest BCUT2D eigenvalue weighted by Gasteiger charge is -2.22. The molecule has 0 aromatic carbocycles. The second-order valence-corrected chi connectivity index (χ2v) is 3.86. The molecule has 0 aromatic heterocycles. The second-order valence-electron chi connectivity index (χ2n) is 3.86. The minimum atomic E-state index is -0.675. The predicted octanol–water partition coefficient (Wildman–Crippen LogP) is 1.89. The fourth-order valence-electron chi connectivity index (χ4n) is 2.06. The number of carboxylic acid groups (broad SMARTS) is 1. The summed E-state index contributed by atoms with van der Waals surface area (Å²) >= 11 is 0. The quantitative estimate of drug-likeness (QED) is 0.522. The molecule has 0 bridgehead atoms. The highest BCUT2D eigenvalue weighted by molar-refractivity contribution is 5.67. The summed E-state index contributed by atoms with van der Waals surface area (Å²) in [6.07, 6.45) is 6.53. The van der Waals surface area contributed by atoms with Crippen molar-refractivity contribution in [1.82, 2.24) is 4.90 Å². The average Bonchev–Trinajstić information content (AvgIpc) is 2.52. The zero-order valence-corrected chi connectivity index (χ0v) is 8.61. The van der Waals surface area contributed by atoms with Crippen LogP contribution in [-0.4, -0.2) is 35.1 Å². The van der Waals surface area contributed by atoms with Gasteiger partial charge in [-0.05, 0) is 38.8 Å². The Morgan fingerprint density at radius 2 is 2.43 bits per heavy atom. The molecule has 1 aliphatic heterocycles. The van der Waals surface area contributed by atoms with E-state index in [0.717, 1.165) is 38.8 Å². The Hall–Kier alpha value is -0.830. The van der Waals surface area contributed by atoms with E-state index < -0.39 is 5.97 Å². The van der Waals surface area contributed by atoms with Crippen LogP contribution in [0.2, 0.25) is 0 Å². The summed E-state index contributed by atoms with van der Waals surface area (Å²) in [6.45, 7) is 5.76. The maximum atomic E-state index is 10.6. The molecule has 0 spiro atoms. The molecule has 1 N–H and O–H groups in total. The first-order valence-electron chi connectivity index (χ1n) is 5.30. The number of nitrogens with zero attached hydrogens (tertiary/aromatic N) is 1. The van der Waals surface area contributed by atoms with Crippen LogP contribution in [-0.2, 0) is 4.79 Å². The Balaban J connectivity index is 2.27. The van der Waals surface area contributed by atoms with Gasteiger partial charge in [0.1, 0.15) is 0 Å². The van der Waals surface area contributed by atoms with Gasteiger partial charge in [-0.2, -0.15) is 0 Å². The largest absolute Gasteiger partial charge is 0.481 e. The number of hydrogen-bond acceptors (Lipinski definition) is 2. The summed E-state index contributed by atoms with van der Waals surface area (Å²) in [5.41, 5.74) is 0. The van der Waals surface area contributed by atoms with Gasteiger partial charge in [-0.3, -0.25) is 9.69 Å². The van der Waals surface area contributed by atoms with Crippen LogP contribution in [0.25, 0.3) is 0 Å². The molecule has 1 atom stereocenters. The third-order valence-corrected chi connectivity index (χ3v) is 2.76. The van der Waals surface area contributed by atoms with E-state index in [1.165, 1.54) is 0 Å². The highest BCUT2D eigenvalue weighted by Crippen LogP contribution is 2.20. The van der Waals surface area contributed by atoms with Crippen molar-refractivity contribution in [3.8, 4) is 0 Å². The normalized spacial score (nSPS) is 22.4. The molecule has 3 nitrogen and oxygen atoms in total. The second kappa shape index (κ2) is 5.81. The molecule has 3 heteroatoms. The molecule has 1 fully saturated rings. The van der Waals surface area contributed by atoms with Gasteiger partial charge >= 0.3 is 5.97 Å². The van der Waals surface area contributed by atoms with E-state index in [1.54, 1.807) is 0 Å². The van der Waals surface area contributed by atoms with Crippen molar-refractivity contribution in [2.45, 2.75) is 38.1 Å². The first-order valence-corrected chi connectivity index (χ1v) is 5.30. The van der Waals surface area contributed by atoms with Crippen LogP contribution in [0.4, 0.5) is 0 Å². The summed E-state index contributed by atoms with van der Waals surface area (Å²) in [4.78, 5) is 12.9. The van der Waals surface area contributed by atoms with Gasteiger partial charge in [-0.25, -0.2) is 0 Å². The Morgan fingerprint density at radius 1 is 1.64 bits per heavy atom. The number of hydrogen-bond donors (Lipinski definition) is 1. The highest BCUT2D eigenvalue weighted by Gasteiger charge is 2.25. The molecule has 0 aromatic rings. The number of rotatable bonds is 6. The monoisotopic (exact) mass is 197 g/mol. The molecule has 80 valence electrons. The summed E-state index contributed by atoms with van der Waals surface area (Å²) < 4.78 is 0. The lowest BCUT2D eigenvalue weighted by atomic mass is 10.1. The van der Waals surface area contributed by atoms with E-state index in [1.807, 2.05) is 6.08 Å². The third-order valence-electron chi connectivity index (χ3n) is 2.76. The van der Waals surface area contributed by atoms with Gasteiger partial charge in [0.25, 0.3) is 0 Å². The van der Waals surface area contributed by atoms with E-state index in [9.17, 15) is 4.79 Å². The maximum Gasteiger partial charge on any atom is 0.304 e. The molecule has 14 heavy (non-hydrogen) atoms. The number of likely N-dealkylation sites (tertiary alicyclic amines) is 1. The first kappa shape index (κ1) is 11.2. The standard InChI is InChI=1S/C11H19NO2/c1-2-3-4-7-12-8-5-6-10(12)9-11(13)14/h2,10H,1,3-9H2,(H,13,14). The molecule has 1 heterocycles. The zero-order valence-electron chi connectivity index (χ0n) is 8.61. The Morgan fingerprint density at radius 3 is 3.07 bits per heavy atom. The maximum absolute atomic E-state index is 10.6. The van der Waals surface area contributed by atoms with Crippen molar-refractivity contribution in [3.05, 3.63) is 12.7 Å². The molecule has 1 aliphatic rings. The van der Waals surface area contributed by atoms with Gasteiger partial charge < -0.3 is 5.11 Å². The SMILES string of the molecule is C=CCCCN1CCCC1CC(=O)O. The Kier molecular flexibility index (Phi) is 4.66. The highest BCUT2D eigenvalue weighted by atomic mass is 16.4. The van der Waals surface area contributed by atoms with Gasteiger partial charge in [0.2, 0.25) is 0 Å². The minimum absolute atomic E-state index is 0.275. The van der Waals surface area contributed by atoms with Crippen LogP contribution < -0.4 is 0 Å². The van der Waals surface area contributed by atoms with Crippen LogP contribution in [0.15, 0.2) is 12.7 Å². The average molecular weight is 197 g/mol. The van der Waals surface area contributed by atoms with Crippen LogP contribution in [0.1, 0.15) is 32.1 Å². The summed E-state index contributed by atoms with van der Waals surface area (Å²) in [5.74, 6) is -0.675. The third kappa shape index (κ3) is 3.50. The molecule has 0 saturated carbocycles. The number of aliphatic carboxylic acids is 1. The summed E-state index contributed by atoms with van der Waals surface area (Å²) in [5, 5.41) is 8.72. The molecular weight excluding hydrogens is 178 g/mol. The zero-order chi connectivity index (χ0) is 10.4. The van der Waals surface area contributed by atoms with E-state index in [0.29, 0.717) is 6.42 Å². The Bertz CT molecular complexity index is 203. The van der Waals surface area contributed by atoms with Crippen molar-refractivity contribution in [1.29, 1.82) is 0 Å². The van der Waals surface area contributed by atoms with Gasteiger partial charge in [0.05, 0.1) is 6.42 Å². The summed E-state index contributed by atoms with van der Waals surface area (Å²) in [6, 6.07) is 0.275. The van der Waals surface area contributed by atoms with E-state index >= 15 is 0 Å². The van der Waals surface area contributed by atoms with Crippen molar-refractivity contribution >= 4 is 5.97 Å². The molecular formula is C11H19NO2. The lowest BCUT2D eigenvalue weighted by molar-refractivity contribution is -0.138. The van der Waals surface area contributed by atoms with Crippen molar-refractivity contribution in [2.24, 2.45) is 0 Å². The minimum Gasteiger partial charge on any atom is -0.481 e. The Labute approximate surface area is 85.4 Å². The van der Waals surface area contributed by atoms with Crippen molar-refractivity contribution < 1.29 is 9.90 Å². The fraction of sp³-hybridized carbons (Fsp3) is 0.727. The van der Waals surface area contributed by atoms with E-state index in [4.69, 9.17) is 5.11 Å². The molecule has 0 radical (unpaired) electrons. The number of unbranched alkanes of at least 4 members (excludes halogenated alkanes) is 1. The topological polar surface area (TPSA) is 40.5 Å². The van der Waals surface area contributed by atoms with Gasteiger partial charge in [-0.15, -0.1) is 6.58 Å². The van der Waals surface area contributed by atoms with Gasteiger partial charge in [0.15, 0.2) is 0 Å². The molecule has 0 aliphatic carbocycles. The summed E-state index contributed by atoms with van der Waals surface area (Å²) in [7, 11) is 0. The smallest absolute Gasteiger partial charge is 0.304 e. The predicted molar refractivity (Wildman–Crippen MR) is 56.3 cm³/mol. The number of carbonyl (C=O) groups is 1. The van der Waals surface area contributed by atoms with Gasteiger partial charge in [-0.1, -0.05) is 6.08 Å². The lowest BCUT2D eigenvalue weighted by Crippen LogP contribution is -2.32. The van der Waals surface area contributed by atoms with E-state index in [2.05, 4.69) is 11.5 Å². The molecule has 1 saturated heterocycles. The van der Waals surface area contributed by atoms with Crippen LogP contribution in [0, 0.1) is 0 Å². The number of carboxylic acids is 1. The van der Waals surface area contributed by atoms with Gasteiger partial charge in [0, 0.05) is 6.04 Å². The van der Waals surface area contributed by atoms with Crippen molar-refractivity contribution in [3.63, 3.8) is 0 Å². The van der Waals surface area contributed by atoms with Crippen LogP contribution in [0.3, 0.4) is 0 Å². The fourth-order valence-corrected chi connectivity index (χ4v) is 2.06. The first-order chi connectivity index (χ1) is 6.74. The van der Waals surface area contributed by atoms with E-state index in [-0.39, 0.29) is 6.04 Å². The van der Waals surface area contributed by atoms with Crippen molar-refractivity contribution in [2.75, 3.05) is 13.1 Å².